The van der Waals surface area contributed by atoms with Crippen LogP contribution in [0.15, 0.2) is 76.0 Å². The maximum Gasteiger partial charge on any atom is 0.279 e. The molecule has 0 unspecified atom stereocenters. The second-order valence-corrected chi connectivity index (χ2v) is 7.44. The van der Waals surface area contributed by atoms with Crippen molar-refractivity contribution in [3.8, 4) is 40.2 Å². The molecule has 0 spiro atoms. The molecule has 0 radical (unpaired) electrons. The van der Waals surface area contributed by atoms with E-state index in [-0.39, 0.29) is 18.2 Å². The third-order valence-electron chi connectivity index (χ3n) is 5.34. The zero-order valence-electron chi connectivity index (χ0n) is 17.0. The SMILES string of the molecule is Cc1ccc(-n2nc(-c3nc(-c4ccc5c(c4)OCO5)no3)c3ccccc3c2=O)cc1. The molecule has 1 aliphatic rings. The van der Waals surface area contributed by atoms with Gasteiger partial charge in [-0.15, -0.1) is 0 Å². The lowest BCUT2D eigenvalue weighted by molar-refractivity contribution is 0.174. The molecule has 5 aromatic rings. The van der Waals surface area contributed by atoms with Crippen LogP contribution in [0.5, 0.6) is 11.5 Å². The fourth-order valence-electron chi connectivity index (χ4n) is 3.68. The summed E-state index contributed by atoms with van der Waals surface area (Å²) < 4.78 is 17.7. The van der Waals surface area contributed by atoms with Crippen LogP contribution in [0.3, 0.4) is 0 Å². The first-order chi connectivity index (χ1) is 15.7. The average molecular weight is 424 g/mol. The van der Waals surface area contributed by atoms with E-state index in [1.807, 2.05) is 55.5 Å². The quantitative estimate of drug-likeness (QED) is 0.430. The highest BCUT2D eigenvalue weighted by Crippen LogP contribution is 2.35. The first kappa shape index (κ1) is 18.3. The van der Waals surface area contributed by atoms with Gasteiger partial charge in [0.1, 0.15) is 0 Å². The highest BCUT2D eigenvalue weighted by Gasteiger charge is 2.20. The largest absolute Gasteiger partial charge is 0.454 e. The van der Waals surface area contributed by atoms with E-state index in [4.69, 9.17) is 14.0 Å². The van der Waals surface area contributed by atoms with E-state index >= 15 is 0 Å². The first-order valence-corrected chi connectivity index (χ1v) is 10.0. The van der Waals surface area contributed by atoms with E-state index in [2.05, 4.69) is 15.2 Å². The molecule has 3 heterocycles. The Labute approximate surface area is 181 Å². The van der Waals surface area contributed by atoms with Crippen LogP contribution in [0, 0.1) is 6.92 Å². The van der Waals surface area contributed by atoms with E-state index in [0.29, 0.717) is 39.5 Å². The molecule has 32 heavy (non-hydrogen) atoms. The summed E-state index contributed by atoms with van der Waals surface area (Å²) in [5.41, 5.74) is 2.68. The van der Waals surface area contributed by atoms with Crippen molar-refractivity contribution in [2.75, 3.05) is 6.79 Å². The van der Waals surface area contributed by atoms with Crippen molar-refractivity contribution in [1.82, 2.24) is 19.9 Å². The van der Waals surface area contributed by atoms with Gasteiger partial charge in [0.05, 0.1) is 11.1 Å². The Balaban J connectivity index is 1.51. The topological polar surface area (TPSA) is 92.3 Å². The number of aryl methyl sites for hydroxylation is 1. The Morgan fingerprint density at radius 2 is 1.69 bits per heavy atom. The molecule has 0 saturated heterocycles. The Hall–Kier alpha value is -4.46. The van der Waals surface area contributed by atoms with Crippen molar-refractivity contribution in [3.63, 3.8) is 0 Å². The van der Waals surface area contributed by atoms with Crippen LogP contribution in [0.1, 0.15) is 5.56 Å². The molecular formula is C24H16N4O4. The number of benzene rings is 3. The number of hydrogen-bond acceptors (Lipinski definition) is 7. The molecule has 0 N–H and O–H groups in total. The van der Waals surface area contributed by atoms with Gasteiger partial charge in [0, 0.05) is 10.9 Å². The van der Waals surface area contributed by atoms with Crippen molar-refractivity contribution in [2.24, 2.45) is 0 Å². The van der Waals surface area contributed by atoms with E-state index in [9.17, 15) is 4.79 Å². The average Bonchev–Trinajstić information content (AvgIpc) is 3.50. The van der Waals surface area contributed by atoms with Gasteiger partial charge in [-0.2, -0.15) is 14.8 Å². The van der Waals surface area contributed by atoms with Crippen molar-refractivity contribution in [3.05, 3.63) is 82.6 Å². The van der Waals surface area contributed by atoms with Crippen LogP contribution in [0.2, 0.25) is 0 Å². The van der Waals surface area contributed by atoms with Crippen molar-refractivity contribution < 1.29 is 14.0 Å². The zero-order chi connectivity index (χ0) is 21.7. The predicted octanol–water partition coefficient (Wildman–Crippen LogP) is 4.14. The van der Waals surface area contributed by atoms with E-state index in [0.717, 1.165) is 11.1 Å². The lowest BCUT2D eigenvalue weighted by Crippen LogP contribution is -2.22. The van der Waals surface area contributed by atoms with Gasteiger partial charge in [-0.3, -0.25) is 4.79 Å². The molecule has 156 valence electrons. The van der Waals surface area contributed by atoms with Crippen LogP contribution in [-0.4, -0.2) is 26.7 Å². The third kappa shape index (κ3) is 2.92. The number of nitrogens with zero attached hydrogens (tertiary/aromatic N) is 4. The molecule has 8 nitrogen and oxygen atoms in total. The van der Waals surface area contributed by atoms with Crippen LogP contribution >= 0.6 is 0 Å². The first-order valence-electron chi connectivity index (χ1n) is 10.0. The van der Waals surface area contributed by atoms with Crippen LogP contribution in [-0.2, 0) is 0 Å². The van der Waals surface area contributed by atoms with Gasteiger partial charge in [0.25, 0.3) is 11.4 Å². The Bertz CT molecular complexity index is 1540. The maximum atomic E-state index is 13.1. The van der Waals surface area contributed by atoms with Gasteiger partial charge < -0.3 is 14.0 Å². The highest BCUT2D eigenvalue weighted by molar-refractivity contribution is 5.92. The van der Waals surface area contributed by atoms with E-state index in [1.165, 1.54) is 4.68 Å². The van der Waals surface area contributed by atoms with Crippen LogP contribution < -0.4 is 15.0 Å². The van der Waals surface area contributed by atoms with Crippen LogP contribution in [0.4, 0.5) is 0 Å². The molecular weight excluding hydrogens is 408 g/mol. The lowest BCUT2D eigenvalue weighted by atomic mass is 10.1. The molecule has 0 fully saturated rings. The number of fused-ring (bicyclic) bond motifs is 2. The Kier molecular flexibility index (Phi) is 4.04. The van der Waals surface area contributed by atoms with Gasteiger partial charge in [-0.1, -0.05) is 41.1 Å². The summed E-state index contributed by atoms with van der Waals surface area (Å²) in [7, 11) is 0. The number of rotatable bonds is 3. The molecule has 0 saturated carbocycles. The monoisotopic (exact) mass is 424 g/mol. The zero-order valence-corrected chi connectivity index (χ0v) is 17.0. The van der Waals surface area contributed by atoms with Gasteiger partial charge in [0.15, 0.2) is 17.2 Å². The minimum atomic E-state index is -0.219. The summed E-state index contributed by atoms with van der Waals surface area (Å²) in [4.78, 5) is 17.7. The molecule has 1 aliphatic heterocycles. The minimum Gasteiger partial charge on any atom is -0.454 e. The summed E-state index contributed by atoms with van der Waals surface area (Å²) in [6.45, 7) is 2.18. The van der Waals surface area contributed by atoms with Gasteiger partial charge in [-0.25, -0.2) is 0 Å². The van der Waals surface area contributed by atoms with Gasteiger partial charge >= 0.3 is 0 Å². The van der Waals surface area contributed by atoms with E-state index < -0.39 is 0 Å². The smallest absolute Gasteiger partial charge is 0.279 e. The fourth-order valence-corrected chi connectivity index (χ4v) is 3.68. The lowest BCUT2D eigenvalue weighted by Gasteiger charge is -2.09. The second-order valence-electron chi connectivity index (χ2n) is 7.44. The summed E-state index contributed by atoms with van der Waals surface area (Å²) in [5, 5.41) is 9.88. The van der Waals surface area contributed by atoms with Crippen molar-refractivity contribution >= 4 is 10.8 Å². The van der Waals surface area contributed by atoms with E-state index in [1.54, 1.807) is 18.2 Å². The third-order valence-corrected chi connectivity index (χ3v) is 5.34. The van der Waals surface area contributed by atoms with Gasteiger partial charge in [-0.05, 0) is 43.3 Å². The summed E-state index contributed by atoms with van der Waals surface area (Å²) in [6, 6.07) is 20.3. The molecule has 6 rings (SSSR count). The number of aromatic nitrogens is 4. The summed E-state index contributed by atoms with van der Waals surface area (Å²) >= 11 is 0. The fraction of sp³-hybridized carbons (Fsp3) is 0.0833. The molecule has 0 amide bonds. The minimum absolute atomic E-state index is 0.187. The van der Waals surface area contributed by atoms with Crippen LogP contribution in [0.25, 0.3) is 39.4 Å². The molecule has 0 bridgehead atoms. The highest BCUT2D eigenvalue weighted by atomic mass is 16.7. The standard InChI is InChI=1S/C24H16N4O4/c1-14-6-9-16(10-7-14)28-24(29)18-5-3-2-4-17(18)21(26-28)23-25-22(27-32-23)15-8-11-19-20(12-15)31-13-30-19/h2-12H,13H2,1H3. The molecule has 3 aromatic carbocycles. The number of hydrogen-bond donors (Lipinski definition) is 0. The Morgan fingerprint density at radius 1 is 0.906 bits per heavy atom. The maximum absolute atomic E-state index is 13.1. The van der Waals surface area contributed by atoms with Gasteiger partial charge in [0.2, 0.25) is 12.6 Å². The molecule has 0 atom stereocenters. The van der Waals surface area contributed by atoms with Crippen molar-refractivity contribution in [1.29, 1.82) is 0 Å². The molecule has 0 aliphatic carbocycles. The molecule has 8 heteroatoms. The Morgan fingerprint density at radius 3 is 2.53 bits per heavy atom. The number of ether oxygens (including phenoxy) is 2. The normalized spacial score (nSPS) is 12.4. The predicted molar refractivity (Wildman–Crippen MR) is 117 cm³/mol. The summed E-state index contributed by atoms with van der Waals surface area (Å²) in [6.07, 6.45) is 0. The summed E-state index contributed by atoms with van der Waals surface area (Å²) in [5.74, 6) is 1.91. The molecule has 2 aromatic heterocycles. The second kappa shape index (κ2) is 7.05. The van der Waals surface area contributed by atoms with Crippen molar-refractivity contribution in [2.45, 2.75) is 6.92 Å².